The van der Waals surface area contributed by atoms with E-state index in [1.165, 1.54) is 32.7 Å². The molecule has 0 aliphatic carbocycles. The Labute approximate surface area is 197 Å². The highest BCUT2D eigenvalue weighted by molar-refractivity contribution is 6.23. The van der Waals surface area contributed by atoms with E-state index in [2.05, 4.69) is 103 Å². The lowest BCUT2D eigenvalue weighted by Crippen LogP contribution is -1.94. The predicted molar refractivity (Wildman–Crippen MR) is 143 cm³/mol. The lowest BCUT2D eigenvalue weighted by molar-refractivity contribution is 1.38. The first-order valence-corrected chi connectivity index (χ1v) is 11.5. The van der Waals surface area contributed by atoms with Gasteiger partial charge in [-0.15, -0.1) is 0 Å². The third-order valence-electron chi connectivity index (χ3n) is 6.70. The average molecular weight is 433 g/mol. The number of hydrogen-bond donors (Lipinski definition) is 0. The van der Waals surface area contributed by atoms with Gasteiger partial charge >= 0.3 is 0 Å². The van der Waals surface area contributed by atoms with Crippen molar-refractivity contribution in [1.29, 1.82) is 0 Å². The molecule has 0 bridgehead atoms. The molecule has 0 radical (unpaired) electrons. The first-order valence-electron chi connectivity index (χ1n) is 11.5. The summed E-state index contributed by atoms with van der Waals surface area (Å²) in [4.78, 5) is 10.0. The summed E-state index contributed by atoms with van der Waals surface area (Å²) < 4.78 is 0. The molecule has 0 unspecified atom stereocenters. The van der Waals surface area contributed by atoms with E-state index < -0.39 is 0 Å². The van der Waals surface area contributed by atoms with Gasteiger partial charge in [0.05, 0.1) is 16.7 Å². The molecule has 0 amide bonds. The van der Waals surface area contributed by atoms with E-state index in [0.717, 1.165) is 33.1 Å². The Hall–Kier alpha value is -4.56. The Balaban J connectivity index is 1.62. The normalized spacial score (nSPS) is 11.5. The summed E-state index contributed by atoms with van der Waals surface area (Å²) in [6.45, 7) is 0. The molecule has 34 heavy (non-hydrogen) atoms. The van der Waals surface area contributed by atoms with Crippen LogP contribution in [0.4, 0.5) is 0 Å². The molecule has 2 aromatic heterocycles. The summed E-state index contributed by atoms with van der Waals surface area (Å²) in [6, 6.07) is 40.5. The molecular formula is C32H20N2. The summed E-state index contributed by atoms with van der Waals surface area (Å²) >= 11 is 0. The van der Waals surface area contributed by atoms with Crippen LogP contribution >= 0.6 is 0 Å². The van der Waals surface area contributed by atoms with Gasteiger partial charge < -0.3 is 0 Å². The van der Waals surface area contributed by atoms with Crippen LogP contribution < -0.4 is 0 Å². The van der Waals surface area contributed by atoms with E-state index in [1.807, 2.05) is 18.3 Å². The van der Waals surface area contributed by atoms with Crippen LogP contribution in [0.2, 0.25) is 0 Å². The van der Waals surface area contributed by atoms with Gasteiger partial charge in [0.1, 0.15) is 0 Å². The maximum atomic E-state index is 5.19. The second-order valence-corrected chi connectivity index (χ2v) is 8.61. The van der Waals surface area contributed by atoms with Crippen molar-refractivity contribution in [3.05, 3.63) is 121 Å². The maximum Gasteiger partial charge on any atom is 0.0810 e. The smallest absolute Gasteiger partial charge is 0.0810 e. The monoisotopic (exact) mass is 432 g/mol. The van der Waals surface area contributed by atoms with Gasteiger partial charge in [-0.1, -0.05) is 97.1 Å². The fourth-order valence-corrected chi connectivity index (χ4v) is 5.16. The Morgan fingerprint density at radius 2 is 1.21 bits per heavy atom. The minimum atomic E-state index is 0.973. The highest BCUT2D eigenvalue weighted by Crippen LogP contribution is 2.40. The first kappa shape index (κ1) is 19.0. The second kappa shape index (κ2) is 7.50. The molecular weight excluding hydrogens is 412 g/mol. The van der Waals surface area contributed by atoms with Crippen molar-refractivity contribution >= 4 is 43.4 Å². The van der Waals surface area contributed by atoms with Crippen LogP contribution in [0.3, 0.4) is 0 Å². The molecule has 0 atom stereocenters. The van der Waals surface area contributed by atoms with Crippen molar-refractivity contribution in [2.45, 2.75) is 0 Å². The van der Waals surface area contributed by atoms with Crippen molar-refractivity contribution in [3.63, 3.8) is 0 Å². The highest BCUT2D eigenvalue weighted by atomic mass is 14.7. The van der Waals surface area contributed by atoms with Gasteiger partial charge in [0.15, 0.2) is 0 Å². The number of rotatable bonds is 2. The topological polar surface area (TPSA) is 25.8 Å². The fourth-order valence-electron chi connectivity index (χ4n) is 5.16. The third-order valence-corrected chi connectivity index (χ3v) is 6.70. The van der Waals surface area contributed by atoms with Gasteiger partial charge in [-0.3, -0.25) is 4.98 Å². The minimum absolute atomic E-state index is 0.973. The standard InChI is InChI=1S/C32H20N2/c1-2-9-21(10-3-1)23-18-19-28(31-25(23)14-8-20-33-31)32-27-17-16-22-11-4-5-12-24(22)30(27)26-13-6-7-15-29(26)34-32/h1-20H. The summed E-state index contributed by atoms with van der Waals surface area (Å²) in [5, 5.41) is 7.19. The van der Waals surface area contributed by atoms with E-state index in [1.54, 1.807) is 0 Å². The number of benzene rings is 5. The molecule has 0 N–H and O–H groups in total. The van der Waals surface area contributed by atoms with Crippen LogP contribution in [0.25, 0.3) is 65.7 Å². The number of aromatic nitrogens is 2. The number of nitrogens with zero attached hydrogens (tertiary/aromatic N) is 2. The molecule has 2 nitrogen and oxygen atoms in total. The molecule has 7 rings (SSSR count). The van der Waals surface area contributed by atoms with E-state index in [0.29, 0.717) is 0 Å². The van der Waals surface area contributed by atoms with E-state index in [9.17, 15) is 0 Å². The molecule has 0 saturated carbocycles. The van der Waals surface area contributed by atoms with Gasteiger partial charge in [0, 0.05) is 33.3 Å². The summed E-state index contributed by atoms with van der Waals surface area (Å²) in [6.07, 6.45) is 1.87. The fraction of sp³-hybridized carbons (Fsp3) is 0. The van der Waals surface area contributed by atoms with Gasteiger partial charge in [-0.2, -0.15) is 0 Å². The number of hydrogen-bond acceptors (Lipinski definition) is 2. The molecule has 0 saturated heterocycles. The van der Waals surface area contributed by atoms with Gasteiger partial charge in [0.2, 0.25) is 0 Å². The van der Waals surface area contributed by atoms with Gasteiger partial charge in [0.25, 0.3) is 0 Å². The largest absolute Gasteiger partial charge is 0.256 e. The van der Waals surface area contributed by atoms with Crippen molar-refractivity contribution < 1.29 is 0 Å². The number of fused-ring (bicyclic) bond motifs is 6. The summed E-state index contributed by atoms with van der Waals surface area (Å²) in [5.41, 5.74) is 6.38. The zero-order valence-electron chi connectivity index (χ0n) is 18.4. The van der Waals surface area contributed by atoms with Crippen molar-refractivity contribution in [2.24, 2.45) is 0 Å². The zero-order chi connectivity index (χ0) is 22.5. The van der Waals surface area contributed by atoms with E-state index >= 15 is 0 Å². The van der Waals surface area contributed by atoms with Gasteiger partial charge in [-0.05, 0) is 40.1 Å². The van der Waals surface area contributed by atoms with Crippen LogP contribution in [0, 0.1) is 0 Å². The van der Waals surface area contributed by atoms with Crippen molar-refractivity contribution in [1.82, 2.24) is 9.97 Å². The lowest BCUT2D eigenvalue weighted by Gasteiger charge is -2.15. The lowest BCUT2D eigenvalue weighted by atomic mass is 9.92. The molecule has 0 fully saturated rings. The van der Waals surface area contributed by atoms with Crippen LogP contribution in [0.5, 0.6) is 0 Å². The SMILES string of the molecule is c1ccc(-c2ccc(-c3nc4ccccc4c4c3ccc3ccccc34)c3ncccc23)cc1. The Kier molecular flexibility index (Phi) is 4.18. The zero-order valence-corrected chi connectivity index (χ0v) is 18.4. The second-order valence-electron chi connectivity index (χ2n) is 8.61. The highest BCUT2D eigenvalue weighted by Gasteiger charge is 2.17. The molecule has 0 aliphatic heterocycles. The Morgan fingerprint density at radius 3 is 2.12 bits per heavy atom. The van der Waals surface area contributed by atoms with Crippen molar-refractivity contribution in [2.75, 3.05) is 0 Å². The molecule has 2 heterocycles. The van der Waals surface area contributed by atoms with Crippen LogP contribution in [0.15, 0.2) is 121 Å². The van der Waals surface area contributed by atoms with Crippen LogP contribution in [-0.4, -0.2) is 9.97 Å². The summed E-state index contributed by atoms with van der Waals surface area (Å²) in [7, 11) is 0. The van der Waals surface area contributed by atoms with Crippen molar-refractivity contribution in [3.8, 4) is 22.4 Å². The van der Waals surface area contributed by atoms with Crippen LogP contribution in [-0.2, 0) is 0 Å². The van der Waals surface area contributed by atoms with E-state index in [4.69, 9.17) is 9.97 Å². The molecule has 7 aromatic rings. The molecule has 0 aliphatic rings. The molecule has 158 valence electrons. The van der Waals surface area contributed by atoms with Crippen LogP contribution in [0.1, 0.15) is 0 Å². The number of para-hydroxylation sites is 1. The Morgan fingerprint density at radius 1 is 0.471 bits per heavy atom. The number of pyridine rings is 2. The molecule has 0 spiro atoms. The third kappa shape index (κ3) is 2.82. The van der Waals surface area contributed by atoms with Gasteiger partial charge in [-0.25, -0.2) is 4.98 Å². The molecule has 5 aromatic carbocycles. The quantitative estimate of drug-likeness (QED) is 0.256. The predicted octanol–water partition coefficient (Wildman–Crippen LogP) is 8.42. The van der Waals surface area contributed by atoms with E-state index in [-0.39, 0.29) is 0 Å². The average Bonchev–Trinajstić information content (AvgIpc) is 2.92. The Bertz CT molecular complexity index is 1840. The first-order chi connectivity index (χ1) is 16.9. The summed E-state index contributed by atoms with van der Waals surface area (Å²) in [5.74, 6) is 0. The molecule has 2 heteroatoms. The minimum Gasteiger partial charge on any atom is -0.256 e. The maximum absolute atomic E-state index is 5.19.